The van der Waals surface area contributed by atoms with E-state index < -0.39 is 22.8 Å². The molecule has 104 valence electrons. The largest absolute Gasteiger partial charge is 0.416 e. The molecule has 0 aromatic heterocycles. The average Bonchev–Trinajstić information content (AvgIpc) is 2.27. The highest BCUT2D eigenvalue weighted by Gasteiger charge is 2.41. The molecular formula is C14H17F3OSi. The summed E-state index contributed by atoms with van der Waals surface area (Å²) in [5, 5.41) is 10.2. The Kier molecular flexibility index (Phi) is 4.18. The van der Waals surface area contributed by atoms with Crippen molar-refractivity contribution in [2.24, 2.45) is 0 Å². The summed E-state index contributed by atoms with van der Waals surface area (Å²) in [6.45, 7) is 4.77. The van der Waals surface area contributed by atoms with Crippen LogP contribution in [0.4, 0.5) is 13.2 Å². The number of rotatable bonds is 2. The van der Waals surface area contributed by atoms with Crippen LogP contribution in [0.1, 0.15) is 31.9 Å². The van der Waals surface area contributed by atoms with Gasteiger partial charge < -0.3 is 5.11 Å². The third kappa shape index (κ3) is 3.20. The Hall–Kier alpha value is -1.25. The van der Waals surface area contributed by atoms with Crippen molar-refractivity contribution in [1.29, 1.82) is 0 Å². The molecule has 1 unspecified atom stereocenters. The topological polar surface area (TPSA) is 20.2 Å². The molecular weight excluding hydrogens is 269 g/mol. The van der Waals surface area contributed by atoms with Crippen LogP contribution in [0.3, 0.4) is 0 Å². The molecule has 5 heteroatoms. The highest BCUT2D eigenvalue weighted by Crippen LogP contribution is 2.37. The summed E-state index contributed by atoms with van der Waals surface area (Å²) in [6, 6.07) is 4.99. The van der Waals surface area contributed by atoms with Gasteiger partial charge in [-0.3, -0.25) is 0 Å². The van der Waals surface area contributed by atoms with Crippen LogP contribution in [0.5, 0.6) is 0 Å². The van der Waals surface area contributed by atoms with Crippen LogP contribution in [0.25, 0.3) is 0 Å². The standard InChI is InChI=1S/C14H17F3OSi/c1-12(2,18)13(3,7-8-19)10-5-4-6-11(9-10)14(15,16)17/h4-6,9,18H,1-3,19H3. The fourth-order valence-electron chi connectivity index (χ4n) is 1.83. The van der Waals surface area contributed by atoms with Crippen LogP contribution in [0.2, 0.25) is 0 Å². The molecule has 0 fully saturated rings. The minimum absolute atomic E-state index is 0.373. The van der Waals surface area contributed by atoms with E-state index in [1.807, 2.05) is 0 Å². The molecule has 0 aliphatic rings. The van der Waals surface area contributed by atoms with Crippen LogP contribution in [0.15, 0.2) is 24.3 Å². The van der Waals surface area contributed by atoms with E-state index in [2.05, 4.69) is 11.5 Å². The van der Waals surface area contributed by atoms with Gasteiger partial charge in [-0.1, -0.05) is 24.1 Å². The molecule has 0 bridgehead atoms. The van der Waals surface area contributed by atoms with E-state index in [-0.39, 0.29) is 0 Å². The molecule has 0 aliphatic carbocycles. The van der Waals surface area contributed by atoms with Crippen molar-refractivity contribution in [2.45, 2.75) is 38.0 Å². The van der Waals surface area contributed by atoms with Gasteiger partial charge in [-0.15, -0.1) is 5.54 Å². The minimum atomic E-state index is -4.40. The van der Waals surface area contributed by atoms with Gasteiger partial charge in [0, 0.05) is 0 Å². The average molecular weight is 286 g/mol. The predicted octanol–water partition coefficient (Wildman–Crippen LogP) is 2.06. The second-order valence-corrected chi connectivity index (χ2v) is 5.64. The molecule has 19 heavy (non-hydrogen) atoms. The molecule has 0 spiro atoms. The number of aliphatic hydroxyl groups is 1. The Morgan fingerprint density at radius 1 is 1.11 bits per heavy atom. The van der Waals surface area contributed by atoms with Gasteiger partial charge in [0.25, 0.3) is 0 Å². The van der Waals surface area contributed by atoms with E-state index in [0.29, 0.717) is 15.8 Å². The van der Waals surface area contributed by atoms with Gasteiger partial charge in [0.05, 0.1) is 26.8 Å². The molecule has 1 N–H and O–H groups in total. The van der Waals surface area contributed by atoms with E-state index in [1.165, 1.54) is 6.07 Å². The molecule has 0 heterocycles. The summed E-state index contributed by atoms with van der Waals surface area (Å²) in [5.41, 5.74) is 0.193. The van der Waals surface area contributed by atoms with Crippen molar-refractivity contribution in [1.82, 2.24) is 0 Å². The van der Waals surface area contributed by atoms with Crippen LogP contribution in [0, 0.1) is 11.5 Å². The quantitative estimate of drug-likeness (QED) is 0.652. The molecule has 0 saturated heterocycles. The van der Waals surface area contributed by atoms with Crippen molar-refractivity contribution in [2.75, 3.05) is 0 Å². The second-order valence-electron chi connectivity index (χ2n) is 5.14. The maximum absolute atomic E-state index is 12.7. The molecule has 1 atom stereocenters. The number of benzene rings is 1. The summed E-state index contributed by atoms with van der Waals surface area (Å²) in [4.78, 5) is 0. The monoisotopic (exact) mass is 286 g/mol. The van der Waals surface area contributed by atoms with Crippen molar-refractivity contribution in [3.63, 3.8) is 0 Å². The van der Waals surface area contributed by atoms with Gasteiger partial charge in [0.1, 0.15) is 0 Å². The van der Waals surface area contributed by atoms with Gasteiger partial charge in [-0.25, -0.2) is 0 Å². The third-order valence-corrected chi connectivity index (χ3v) is 3.62. The Balaban J connectivity index is 3.45. The zero-order valence-corrected chi connectivity index (χ0v) is 13.4. The van der Waals surface area contributed by atoms with E-state index >= 15 is 0 Å². The first-order valence-electron chi connectivity index (χ1n) is 5.86. The summed E-state index contributed by atoms with van der Waals surface area (Å²) in [7, 11) is 0.600. The number of hydrogen-bond acceptors (Lipinski definition) is 1. The molecule has 0 amide bonds. The van der Waals surface area contributed by atoms with E-state index in [1.54, 1.807) is 26.8 Å². The Morgan fingerprint density at radius 3 is 2.05 bits per heavy atom. The van der Waals surface area contributed by atoms with Crippen molar-refractivity contribution < 1.29 is 18.3 Å². The SMILES string of the molecule is CC(C)(O)C(C)(C#C[SiH3])c1cccc(C(F)(F)F)c1. The fourth-order valence-corrected chi connectivity index (χ4v) is 2.33. The van der Waals surface area contributed by atoms with Crippen LogP contribution in [-0.4, -0.2) is 21.0 Å². The highest BCUT2D eigenvalue weighted by atomic mass is 28.1. The lowest BCUT2D eigenvalue weighted by Crippen LogP contribution is -2.44. The maximum atomic E-state index is 12.7. The smallest absolute Gasteiger partial charge is 0.389 e. The van der Waals surface area contributed by atoms with Crippen molar-refractivity contribution in [3.05, 3.63) is 35.4 Å². The number of halogens is 3. The van der Waals surface area contributed by atoms with Crippen LogP contribution in [-0.2, 0) is 11.6 Å². The van der Waals surface area contributed by atoms with Gasteiger partial charge in [0.15, 0.2) is 0 Å². The Labute approximate surface area is 114 Å². The number of alkyl halides is 3. The minimum Gasteiger partial charge on any atom is -0.389 e. The molecule has 0 radical (unpaired) electrons. The van der Waals surface area contributed by atoms with Gasteiger partial charge in [-0.05, 0) is 32.4 Å². The zero-order valence-electron chi connectivity index (χ0n) is 11.4. The zero-order chi connectivity index (χ0) is 14.9. The molecule has 1 nitrogen and oxygen atoms in total. The van der Waals surface area contributed by atoms with E-state index in [9.17, 15) is 18.3 Å². The Bertz CT molecular complexity index is 520. The molecule has 0 saturated carbocycles. The summed E-state index contributed by atoms with van der Waals surface area (Å²) >= 11 is 0. The van der Waals surface area contributed by atoms with Gasteiger partial charge >= 0.3 is 6.18 Å². The number of hydrogen-bond donors (Lipinski definition) is 1. The summed E-state index contributed by atoms with van der Waals surface area (Å²) in [6.07, 6.45) is -4.40. The molecule has 1 aromatic carbocycles. The lowest BCUT2D eigenvalue weighted by molar-refractivity contribution is -0.137. The van der Waals surface area contributed by atoms with Gasteiger partial charge in [0.2, 0.25) is 0 Å². The fraction of sp³-hybridized carbons (Fsp3) is 0.429. The van der Waals surface area contributed by atoms with E-state index in [0.717, 1.165) is 12.1 Å². The maximum Gasteiger partial charge on any atom is 0.416 e. The van der Waals surface area contributed by atoms with E-state index in [4.69, 9.17) is 0 Å². The van der Waals surface area contributed by atoms with Crippen LogP contribution < -0.4 is 0 Å². The normalized spacial score (nSPS) is 15.5. The molecule has 0 aliphatic heterocycles. The Morgan fingerprint density at radius 2 is 1.63 bits per heavy atom. The third-order valence-electron chi connectivity index (χ3n) is 3.37. The lowest BCUT2D eigenvalue weighted by Gasteiger charge is -2.37. The first-order chi connectivity index (χ1) is 8.52. The first-order valence-corrected chi connectivity index (χ1v) is 6.86. The molecule has 1 rings (SSSR count). The summed E-state index contributed by atoms with van der Waals surface area (Å²) < 4.78 is 38.2. The van der Waals surface area contributed by atoms with Crippen molar-refractivity contribution >= 4 is 10.2 Å². The second kappa shape index (κ2) is 5.03. The highest BCUT2D eigenvalue weighted by molar-refractivity contribution is 6.22. The van der Waals surface area contributed by atoms with Crippen LogP contribution >= 0.6 is 0 Å². The molecule has 1 aromatic rings. The van der Waals surface area contributed by atoms with Crippen molar-refractivity contribution in [3.8, 4) is 11.5 Å². The summed E-state index contributed by atoms with van der Waals surface area (Å²) in [5.74, 6) is 2.89. The van der Waals surface area contributed by atoms with Gasteiger partial charge in [-0.2, -0.15) is 13.2 Å². The first kappa shape index (κ1) is 15.8. The lowest BCUT2D eigenvalue weighted by atomic mass is 9.70. The predicted molar refractivity (Wildman–Crippen MR) is 72.8 cm³/mol.